The minimum atomic E-state index is -0.152. The molecule has 0 fully saturated rings. The monoisotopic (exact) mass is 390 g/mol. The maximum Gasteiger partial charge on any atom is 0.251 e. The lowest BCUT2D eigenvalue weighted by Crippen LogP contribution is -2.40. The van der Waals surface area contributed by atoms with Gasteiger partial charge in [-0.15, -0.1) is 24.8 Å². The zero-order valence-corrected chi connectivity index (χ0v) is 16.3. The highest BCUT2D eigenvalue weighted by molar-refractivity contribution is 6.01. The van der Waals surface area contributed by atoms with Gasteiger partial charge in [0, 0.05) is 38.2 Å². The number of hydrogen-bond donors (Lipinski definition) is 3. The average Bonchev–Trinajstić information content (AvgIpc) is 2.69. The summed E-state index contributed by atoms with van der Waals surface area (Å²) in [7, 11) is 1.94. The molecule has 0 bridgehead atoms. The Balaban J connectivity index is 0.00000288. The van der Waals surface area contributed by atoms with Crippen molar-refractivity contribution in [1.29, 1.82) is 0 Å². The SMILES string of the molecule is CCCCC(CN)NC(=O)c1ccc2c(c1)NC(=O)CCN2C.Cl.Cl. The third kappa shape index (κ3) is 6.38. The smallest absolute Gasteiger partial charge is 0.251 e. The molecule has 0 aromatic heterocycles. The van der Waals surface area contributed by atoms with E-state index in [2.05, 4.69) is 17.6 Å². The lowest BCUT2D eigenvalue weighted by Gasteiger charge is -2.20. The third-order valence-corrected chi connectivity index (χ3v) is 4.14. The van der Waals surface area contributed by atoms with Gasteiger partial charge in [0.1, 0.15) is 0 Å². The Morgan fingerprint density at radius 2 is 2.12 bits per heavy atom. The molecule has 1 aliphatic rings. The summed E-state index contributed by atoms with van der Waals surface area (Å²) in [5.74, 6) is -0.184. The first-order valence-electron chi connectivity index (χ1n) is 8.21. The summed E-state index contributed by atoms with van der Waals surface area (Å²) >= 11 is 0. The normalized spacial score (nSPS) is 14.2. The summed E-state index contributed by atoms with van der Waals surface area (Å²) in [4.78, 5) is 26.2. The number of carbonyl (C=O) groups excluding carboxylic acids is 2. The van der Waals surface area contributed by atoms with Crippen molar-refractivity contribution in [3.05, 3.63) is 23.8 Å². The highest BCUT2D eigenvalue weighted by Crippen LogP contribution is 2.28. The summed E-state index contributed by atoms with van der Waals surface area (Å²) in [5.41, 5.74) is 7.87. The molecule has 1 atom stereocenters. The van der Waals surface area contributed by atoms with Gasteiger partial charge in [-0.25, -0.2) is 0 Å². The zero-order chi connectivity index (χ0) is 16.8. The van der Waals surface area contributed by atoms with Gasteiger partial charge < -0.3 is 21.3 Å². The number of nitrogens with two attached hydrogens (primary N) is 1. The summed E-state index contributed by atoms with van der Waals surface area (Å²) in [6.07, 6.45) is 3.43. The number of nitrogens with zero attached hydrogens (tertiary/aromatic N) is 1. The van der Waals surface area contributed by atoms with Gasteiger partial charge >= 0.3 is 0 Å². The topological polar surface area (TPSA) is 87.5 Å². The highest BCUT2D eigenvalue weighted by Gasteiger charge is 2.19. The highest BCUT2D eigenvalue weighted by atomic mass is 35.5. The Hall–Kier alpha value is -1.50. The number of unbranched alkanes of at least 4 members (excludes halogenated alkanes) is 1. The minimum absolute atomic E-state index is 0. The number of rotatable bonds is 6. The molecular weight excluding hydrogens is 363 g/mol. The summed E-state index contributed by atoms with van der Waals surface area (Å²) in [5, 5.41) is 5.84. The van der Waals surface area contributed by atoms with Crippen LogP contribution in [0.2, 0.25) is 0 Å². The van der Waals surface area contributed by atoms with Crippen molar-refractivity contribution in [2.75, 3.05) is 30.4 Å². The Bertz CT molecular complexity index is 584. The first-order valence-corrected chi connectivity index (χ1v) is 8.21. The fraction of sp³-hybridized carbons (Fsp3) is 0.529. The van der Waals surface area contributed by atoms with Crippen LogP contribution in [-0.4, -0.2) is 38.0 Å². The van der Waals surface area contributed by atoms with Crippen molar-refractivity contribution in [2.45, 2.75) is 38.6 Å². The van der Waals surface area contributed by atoms with Gasteiger partial charge in [-0.2, -0.15) is 0 Å². The Labute approximate surface area is 161 Å². The molecule has 2 rings (SSSR count). The molecular formula is C17H28Cl2N4O2. The number of benzene rings is 1. The molecule has 2 amide bonds. The molecule has 1 aliphatic heterocycles. The van der Waals surface area contributed by atoms with Gasteiger partial charge in [0.05, 0.1) is 11.4 Å². The van der Waals surface area contributed by atoms with Gasteiger partial charge in [0.25, 0.3) is 5.91 Å². The van der Waals surface area contributed by atoms with Crippen LogP contribution in [0.25, 0.3) is 0 Å². The van der Waals surface area contributed by atoms with Gasteiger partial charge in [-0.3, -0.25) is 9.59 Å². The summed E-state index contributed by atoms with van der Waals surface area (Å²) in [6.45, 7) is 3.20. The fourth-order valence-corrected chi connectivity index (χ4v) is 2.68. The van der Waals surface area contributed by atoms with E-state index < -0.39 is 0 Å². The second kappa shape index (κ2) is 11.2. The second-order valence-electron chi connectivity index (χ2n) is 6.00. The van der Waals surface area contributed by atoms with E-state index in [-0.39, 0.29) is 42.7 Å². The van der Waals surface area contributed by atoms with Gasteiger partial charge in [-0.1, -0.05) is 19.8 Å². The van der Waals surface area contributed by atoms with E-state index in [0.29, 0.717) is 30.8 Å². The van der Waals surface area contributed by atoms with Gasteiger partial charge in [0.2, 0.25) is 5.91 Å². The van der Waals surface area contributed by atoms with E-state index in [9.17, 15) is 9.59 Å². The largest absolute Gasteiger partial charge is 0.372 e. The quantitative estimate of drug-likeness (QED) is 0.696. The second-order valence-corrected chi connectivity index (χ2v) is 6.00. The van der Waals surface area contributed by atoms with E-state index in [1.807, 2.05) is 18.0 Å². The average molecular weight is 391 g/mol. The number of hydrogen-bond acceptors (Lipinski definition) is 4. The van der Waals surface area contributed by atoms with Crippen LogP contribution in [-0.2, 0) is 4.79 Å². The molecule has 6 nitrogen and oxygen atoms in total. The molecule has 0 aliphatic carbocycles. The standard InChI is InChI=1S/C17H26N4O2.2ClH/c1-3-4-5-13(11-18)19-17(23)12-6-7-15-14(10-12)20-16(22)8-9-21(15)2;;/h6-7,10,13H,3-5,8-9,11,18H2,1-2H3,(H,19,23)(H,20,22);2*1H. The van der Waals surface area contributed by atoms with Crippen LogP contribution in [0.3, 0.4) is 0 Å². The number of amides is 2. The van der Waals surface area contributed by atoms with Crippen molar-refractivity contribution in [3.8, 4) is 0 Å². The van der Waals surface area contributed by atoms with Crippen LogP contribution in [0.5, 0.6) is 0 Å². The number of halogens is 2. The number of anilines is 2. The Morgan fingerprint density at radius 1 is 1.40 bits per heavy atom. The predicted octanol–water partition coefficient (Wildman–Crippen LogP) is 2.56. The van der Waals surface area contributed by atoms with Gasteiger partial charge in [0.15, 0.2) is 0 Å². The van der Waals surface area contributed by atoms with Crippen LogP contribution in [0.4, 0.5) is 11.4 Å². The lowest BCUT2D eigenvalue weighted by molar-refractivity contribution is -0.115. The van der Waals surface area contributed by atoms with Crippen LogP contribution in [0, 0.1) is 0 Å². The fourth-order valence-electron chi connectivity index (χ4n) is 2.68. The van der Waals surface area contributed by atoms with E-state index >= 15 is 0 Å². The summed E-state index contributed by atoms with van der Waals surface area (Å²) in [6, 6.07) is 5.38. The maximum absolute atomic E-state index is 12.4. The molecule has 4 N–H and O–H groups in total. The molecule has 0 radical (unpaired) electrons. The van der Waals surface area contributed by atoms with Crippen LogP contribution < -0.4 is 21.3 Å². The maximum atomic E-state index is 12.4. The van der Waals surface area contributed by atoms with Crippen molar-refractivity contribution in [2.24, 2.45) is 5.73 Å². The van der Waals surface area contributed by atoms with Gasteiger partial charge in [-0.05, 0) is 24.6 Å². The molecule has 142 valence electrons. The van der Waals surface area contributed by atoms with Crippen LogP contribution >= 0.6 is 24.8 Å². The number of fused-ring (bicyclic) bond motifs is 1. The first-order chi connectivity index (χ1) is 11.0. The number of nitrogens with one attached hydrogen (secondary N) is 2. The lowest BCUT2D eigenvalue weighted by atomic mass is 10.1. The Kier molecular flexibility index (Phi) is 10.5. The van der Waals surface area contributed by atoms with Crippen molar-refractivity contribution in [3.63, 3.8) is 0 Å². The molecule has 1 unspecified atom stereocenters. The molecule has 1 aromatic rings. The molecule has 1 heterocycles. The Morgan fingerprint density at radius 3 is 2.76 bits per heavy atom. The minimum Gasteiger partial charge on any atom is -0.372 e. The van der Waals surface area contributed by atoms with E-state index in [1.54, 1.807) is 12.1 Å². The van der Waals surface area contributed by atoms with E-state index in [4.69, 9.17) is 5.73 Å². The molecule has 0 saturated heterocycles. The molecule has 25 heavy (non-hydrogen) atoms. The zero-order valence-electron chi connectivity index (χ0n) is 14.7. The van der Waals surface area contributed by atoms with E-state index in [0.717, 1.165) is 24.9 Å². The van der Waals surface area contributed by atoms with Crippen molar-refractivity contribution < 1.29 is 9.59 Å². The van der Waals surface area contributed by atoms with Crippen LogP contribution in [0.1, 0.15) is 43.0 Å². The first kappa shape index (κ1) is 23.5. The van der Waals surface area contributed by atoms with Crippen molar-refractivity contribution >= 4 is 48.0 Å². The number of carbonyl (C=O) groups is 2. The molecule has 8 heteroatoms. The molecule has 0 saturated carbocycles. The predicted molar refractivity (Wildman–Crippen MR) is 107 cm³/mol. The molecule has 0 spiro atoms. The van der Waals surface area contributed by atoms with Crippen LogP contribution in [0.15, 0.2) is 18.2 Å². The summed E-state index contributed by atoms with van der Waals surface area (Å²) < 4.78 is 0. The van der Waals surface area contributed by atoms with Crippen molar-refractivity contribution in [1.82, 2.24) is 5.32 Å². The third-order valence-electron chi connectivity index (χ3n) is 4.14. The molecule has 1 aromatic carbocycles. The van der Waals surface area contributed by atoms with E-state index in [1.165, 1.54) is 0 Å².